The van der Waals surface area contributed by atoms with E-state index in [0.29, 0.717) is 13.2 Å². The van der Waals surface area contributed by atoms with Crippen LogP contribution in [-0.4, -0.2) is 52.5 Å². The largest absolute Gasteiger partial charge is 0.378 e. The van der Waals surface area contributed by atoms with Crippen molar-refractivity contribution in [3.05, 3.63) is 36.7 Å². The van der Waals surface area contributed by atoms with Gasteiger partial charge in [-0.05, 0) is 37.1 Å². The molecule has 1 aromatic heterocycles. The molecule has 2 aliphatic rings. The average molecular weight is 343 g/mol. The van der Waals surface area contributed by atoms with Crippen molar-refractivity contribution >= 4 is 11.7 Å². The summed E-state index contributed by atoms with van der Waals surface area (Å²) in [6, 6.07) is 7.34. The van der Waals surface area contributed by atoms with Gasteiger partial charge in [0.25, 0.3) is 0 Å². The third-order valence-electron chi connectivity index (χ3n) is 4.71. The van der Waals surface area contributed by atoms with Gasteiger partial charge >= 0.3 is 6.03 Å². The van der Waals surface area contributed by atoms with Crippen LogP contribution < -0.4 is 10.6 Å². The quantitative estimate of drug-likeness (QED) is 0.886. The number of urea groups is 1. The number of anilines is 1. The molecule has 25 heavy (non-hydrogen) atoms. The molecular formula is C17H21N5O3. The van der Waals surface area contributed by atoms with E-state index in [1.165, 1.54) is 0 Å². The van der Waals surface area contributed by atoms with Crippen molar-refractivity contribution in [3.63, 3.8) is 0 Å². The lowest BCUT2D eigenvalue weighted by Crippen LogP contribution is -2.49. The monoisotopic (exact) mass is 343 g/mol. The zero-order valence-electron chi connectivity index (χ0n) is 13.9. The van der Waals surface area contributed by atoms with E-state index in [1.807, 2.05) is 24.3 Å². The molecule has 2 fully saturated rings. The van der Waals surface area contributed by atoms with Crippen LogP contribution in [-0.2, 0) is 9.47 Å². The molecular weight excluding hydrogens is 322 g/mol. The summed E-state index contributed by atoms with van der Waals surface area (Å²) < 4.78 is 13.0. The van der Waals surface area contributed by atoms with Gasteiger partial charge in [0.15, 0.2) is 0 Å². The maximum absolute atomic E-state index is 12.3. The number of carbonyl (C=O) groups is 1. The molecule has 8 nitrogen and oxygen atoms in total. The van der Waals surface area contributed by atoms with Crippen LogP contribution in [0.3, 0.4) is 0 Å². The molecule has 2 N–H and O–H groups in total. The Labute approximate surface area is 145 Å². The molecule has 0 radical (unpaired) electrons. The second-order valence-corrected chi connectivity index (χ2v) is 6.52. The molecule has 132 valence electrons. The standard InChI is InChI=1S/C17H21N5O3/c23-16(20-14-5-9-25-17(11-14)6-10-24-12-17)19-13-1-3-15(4-2-13)22-8-7-18-21-22/h1-4,7-8,14H,5-6,9-12H2,(H2,19,20,23)/t14-,17+/m0/s1. The molecule has 0 saturated carbocycles. The molecule has 8 heteroatoms. The summed E-state index contributed by atoms with van der Waals surface area (Å²) in [5, 5.41) is 13.6. The summed E-state index contributed by atoms with van der Waals surface area (Å²) in [5.41, 5.74) is 1.40. The molecule has 2 atom stereocenters. The van der Waals surface area contributed by atoms with Gasteiger partial charge in [0.2, 0.25) is 0 Å². The normalized spacial score (nSPS) is 25.8. The third kappa shape index (κ3) is 3.64. The lowest BCUT2D eigenvalue weighted by atomic mass is 9.90. The Hall–Kier alpha value is -2.45. The van der Waals surface area contributed by atoms with E-state index in [-0.39, 0.29) is 17.7 Å². The van der Waals surface area contributed by atoms with Crippen LogP contribution >= 0.6 is 0 Å². The minimum absolute atomic E-state index is 0.102. The van der Waals surface area contributed by atoms with Gasteiger partial charge in [-0.25, -0.2) is 9.48 Å². The zero-order chi connectivity index (χ0) is 17.1. The predicted molar refractivity (Wildman–Crippen MR) is 90.7 cm³/mol. The van der Waals surface area contributed by atoms with Gasteiger partial charge in [-0.1, -0.05) is 5.21 Å². The van der Waals surface area contributed by atoms with Crippen molar-refractivity contribution < 1.29 is 14.3 Å². The molecule has 1 aromatic carbocycles. The number of benzene rings is 1. The number of rotatable bonds is 3. The molecule has 2 aliphatic heterocycles. The fraction of sp³-hybridized carbons (Fsp3) is 0.471. The first-order chi connectivity index (χ1) is 12.2. The molecule has 0 aliphatic carbocycles. The van der Waals surface area contributed by atoms with E-state index in [2.05, 4.69) is 20.9 Å². The Kier molecular flexibility index (Phi) is 4.37. The molecule has 2 amide bonds. The lowest BCUT2D eigenvalue weighted by molar-refractivity contribution is -0.0877. The first-order valence-electron chi connectivity index (χ1n) is 8.48. The third-order valence-corrected chi connectivity index (χ3v) is 4.71. The van der Waals surface area contributed by atoms with E-state index < -0.39 is 0 Å². The summed E-state index contributed by atoms with van der Waals surface area (Å²) >= 11 is 0. The summed E-state index contributed by atoms with van der Waals surface area (Å²) in [4.78, 5) is 12.3. The molecule has 4 rings (SSSR count). The van der Waals surface area contributed by atoms with Crippen LogP contribution in [0.15, 0.2) is 36.7 Å². The smallest absolute Gasteiger partial charge is 0.319 e. The van der Waals surface area contributed by atoms with Crippen LogP contribution in [0.1, 0.15) is 19.3 Å². The SMILES string of the molecule is O=C(Nc1ccc(-n2ccnn2)cc1)N[C@H]1CCO[C@]2(CCOC2)C1. The Bertz CT molecular complexity index is 710. The van der Waals surface area contributed by atoms with Crippen molar-refractivity contribution in [2.45, 2.75) is 30.9 Å². The van der Waals surface area contributed by atoms with Crippen LogP contribution in [0.2, 0.25) is 0 Å². The summed E-state index contributed by atoms with van der Waals surface area (Å²) in [5.74, 6) is 0. The maximum atomic E-state index is 12.3. The van der Waals surface area contributed by atoms with E-state index >= 15 is 0 Å². The molecule has 2 saturated heterocycles. The number of hydrogen-bond acceptors (Lipinski definition) is 5. The highest BCUT2D eigenvalue weighted by atomic mass is 16.6. The van der Waals surface area contributed by atoms with E-state index in [1.54, 1.807) is 17.1 Å². The van der Waals surface area contributed by atoms with Crippen LogP contribution in [0.25, 0.3) is 5.69 Å². The van der Waals surface area contributed by atoms with Crippen molar-refractivity contribution in [1.82, 2.24) is 20.3 Å². The first-order valence-corrected chi connectivity index (χ1v) is 8.48. The maximum Gasteiger partial charge on any atom is 0.319 e. The topological polar surface area (TPSA) is 90.3 Å². The van der Waals surface area contributed by atoms with Gasteiger partial charge in [0, 0.05) is 31.4 Å². The van der Waals surface area contributed by atoms with Crippen LogP contribution in [0.4, 0.5) is 10.5 Å². The van der Waals surface area contributed by atoms with Gasteiger partial charge in [-0.2, -0.15) is 0 Å². The number of amides is 2. The van der Waals surface area contributed by atoms with Gasteiger partial charge in [0.05, 0.1) is 30.3 Å². The minimum Gasteiger partial charge on any atom is -0.378 e. The highest BCUT2D eigenvalue weighted by Crippen LogP contribution is 2.32. The number of hydrogen-bond donors (Lipinski definition) is 2. The molecule has 1 spiro atoms. The number of nitrogens with zero attached hydrogens (tertiary/aromatic N) is 3. The van der Waals surface area contributed by atoms with Gasteiger partial charge in [0.1, 0.15) is 0 Å². The average Bonchev–Trinajstić information content (AvgIpc) is 3.28. The van der Waals surface area contributed by atoms with Gasteiger partial charge in [-0.15, -0.1) is 5.10 Å². The van der Waals surface area contributed by atoms with Crippen LogP contribution in [0.5, 0.6) is 0 Å². The fourth-order valence-electron chi connectivity index (χ4n) is 3.41. The van der Waals surface area contributed by atoms with E-state index in [4.69, 9.17) is 9.47 Å². The highest BCUT2D eigenvalue weighted by Gasteiger charge is 2.41. The van der Waals surface area contributed by atoms with Crippen molar-refractivity contribution in [3.8, 4) is 5.69 Å². The molecule has 0 bridgehead atoms. The van der Waals surface area contributed by atoms with Gasteiger partial charge in [-0.3, -0.25) is 0 Å². The summed E-state index contributed by atoms with van der Waals surface area (Å²) in [6.45, 7) is 2.01. The number of carbonyl (C=O) groups excluding carboxylic acids is 1. The van der Waals surface area contributed by atoms with Crippen molar-refractivity contribution in [2.24, 2.45) is 0 Å². The second-order valence-electron chi connectivity index (χ2n) is 6.52. The second kappa shape index (κ2) is 6.81. The Morgan fingerprint density at radius 3 is 2.88 bits per heavy atom. The van der Waals surface area contributed by atoms with E-state index in [9.17, 15) is 4.79 Å². The summed E-state index contributed by atoms with van der Waals surface area (Å²) in [6.07, 6.45) is 5.90. The number of ether oxygens (including phenoxy) is 2. The van der Waals surface area contributed by atoms with Crippen molar-refractivity contribution in [2.75, 3.05) is 25.1 Å². The molecule has 3 heterocycles. The zero-order valence-corrected chi connectivity index (χ0v) is 13.9. The Morgan fingerprint density at radius 2 is 2.16 bits per heavy atom. The van der Waals surface area contributed by atoms with Gasteiger partial charge < -0.3 is 20.1 Å². The number of aromatic nitrogens is 3. The highest BCUT2D eigenvalue weighted by molar-refractivity contribution is 5.89. The summed E-state index contributed by atoms with van der Waals surface area (Å²) in [7, 11) is 0. The molecule has 2 aromatic rings. The first kappa shape index (κ1) is 16.0. The minimum atomic E-state index is -0.213. The predicted octanol–water partition coefficient (Wildman–Crippen LogP) is 1.73. The Morgan fingerprint density at radius 1 is 1.28 bits per heavy atom. The Balaban J connectivity index is 1.32. The number of nitrogens with one attached hydrogen (secondary N) is 2. The van der Waals surface area contributed by atoms with Crippen LogP contribution in [0, 0.1) is 0 Å². The van der Waals surface area contributed by atoms with Crippen molar-refractivity contribution in [1.29, 1.82) is 0 Å². The van der Waals surface area contributed by atoms with E-state index in [0.717, 1.165) is 37.2 Å². The fourth-order valence-corrected chi connectivity index (χ4v) is 3.41. The lowest BCUT2D eigenvalue weighted by Gasteiger charge is -2.37. The molecule has 0 unspecified atom stereocenters.